The van der Waals surface area contributed by atoms with Gasteiger partial charge in [0.1, 0.15) is 12.6 Å². The van der Waals surface area contributed by atoms with Crippen molar-refractivity contribution in [1.82, 2.24) is 10.2 Å². The van der Waals surface area contributed by atoms with E-state index in [9.17, 15) is 9.59 Å². The third-order valence-corrected chi connectivity index (χ3v) is 3.68. The van der Waals surface area contributed by atoms with Gasteiger partial charge in [0.2, 0.25) is 11.8 Å². The number of hydrogen-bond donors (Lipinski definition) is 1. The highest BCUT2D eigenvalue weighted by atomic mass is 35.5. The van der Waals surface area contributed by atoms with Crippen LogP contribution >= 0.6 is 11.6 Å². The van der Waals surface area contributed by atoms with Crippen LogP contribution in [0.3, 0.4) is 0 Å². The molecule has 1 aromatic rings. The molecule has 2 rings (SSSR count). The van der Waals surface area contributed by atoms with Gasteiger partial charge in [-0.2, -0.15) is 0 Å². The van der Waals surface area contributed by atoms with Crippen LogP contribution in [0.15, 0.2) is 24.3 Å². The number of halogens is 1. The van der Waals surface area contributed by atoms with E-state index in [-0.39, 0.29) is 30.5 Å². The van der Waals surface area contributed by atoms with Gasteiger partial charge in [-0.1, -0.05) is 24.3 Å². The average molecular weight is 311 g/mol. The molecule has 0 aromatic heterocycles. The van der Waals surface area contributed by atoms with E-state index in [1.807, 2.05) is 24.3 Å². The fourth-order valence-electron chi connectivity index (χ4n) is 2.22. The Kier molecular flexibility index (Phi) is 5.59. The van der Waals surface area contributed by atoms with Crippen LogP contribution in [0.25, 0.3) is 0 Å². The number of ether oxygens (including phenoxy) is 1. The van der Waals surface area contributed by atoms with E-state index < -0.39 is 0 Å². The van der Waals surface area contributed by atoms with Crippen LogP contribution in [0, 0.1) is 0 Å². The summed E-state index contributed by atoms with van der Waals surface area (Å²) in [6, 6.07) is 7.96. The van der Waals surface area contributed by atoms with Gasteiger partial charge in [0.05, 0.1) is 6.10 Å². The third kappa shape index (κ3) is 4.44. The minimum absolute atomic E-state index is 0.000748. The summed E-state index contributed by atoms with van der Waals surface area (Å²) in [7, 11) is 0. The molecular formula is C15H19ClN2O3. The Labute approximate surface area is 129 Å². The smallest absolute Gasteiger partial charge is 0.239 e. The zero-order valence-electron chi connectivity index (χ0n) is 12.0. The van der Waals surface area contributed by atoms with Crippen LogP contribution in [0.4, 0.5) is 0 Å². The lowest BCUT2D eigenvalue weighted by atomic mass is 10.0. The van der Waals surface area contributed by atoms with Gasteiger partial charge in [-0.25, -0.2) is 0 Å². The first kappa shape index (κ1) is 15.8. The first-order chi connectivity index (χ1) is 10.1. The van der Waals surface area contributed by atoms with Crippen LogP contribution in [0.2, 0.25) is 0 Å². The molecular weight excluding hydrogens is 292 g/mol. The van der Waals surface area contributed by atoms with Gasteiger partial charge < -0.3 is 15.0 Å². The summed E-state index contributed by atoms with van der Waals surface area (Å²) in [5.41, 5.74) is 2.13. The highest BCUT2D eigenvalue weighted by molar-refractivity contribution is 6.27. The first-order valence-electron chi connectivity index (χ1n) is 6.88. The molecule has 1 unspecified atom stereocenters. The van der Waals surface area contributed by atoms with Crippen molar-refractivity contribution in [3.8, 4) is 0 Å². The molecule has 1 saturated heterocycles. The van der Waals surface area contributed by atoms with E-state index in [0.29, 0.717) is 13.1 Å². The molecule has 0 bridgehead atoms. The second-order valence-corrected chi connectivity index (χ2v) is 5.28. The molecule has 1 aliphatic rings. The number of hydrogen-bond acceptors (Lipinski definition) is 3. The van der Waals surface area contributed by atoms with Crippen molar-refractivity contribution >= 4 is 23.4 Å². The Morgan fingerprint density at radius 1 is 1.38 bits per heavy atom. The number of carbonyl (C=O) groups excluding carboxylic acids is 2. The minimum Gasteiger partial charge on any atom is -0.353 e. The Hall–Kier alpha value is -1.59. The molecule has 0 spiro atoms. The summed E-state index contributed by atoms with van der Waals surface area (Å²) >= 11 is 5.53. The average Bonchev–Trinajstić information content (AvgIpc) is 2.53. The monoisotopic (exact) mass is 310 g/mol. The molecule has 21 heavy (non-hydrogen) atoms. The van der Waals surface area contributed by atoms with Gasteiger partial charge in [0.25, 0.3) is 0 Å². The summed E-state index contributed by atoms with van der Waals surface area (Å²) in [5.74, 6) is -0.147. The number of alkyl halides is 1. The zero-order chi connectivity index (χ0) is 15.2. The minimum atomic E-state index is -0.0965. The topological polar surface area (TPSA) is 58.6 Å². The van der Waals surface area contributed by atoms with Gasteiger partial charge in [0.15, 0.2) is 0 Å². The molecule has 0 aliphatic carbocycles. The van der Waals surface area contributed by atoms with Crippen molar-refractivity contribution in [2.75, 3.05) is 19.2 Å². The molecule has 0 radical (unpaired) electrons. The molecule has 1 heterocycles. The van der Waals surface area contributed by atoms with E-state index in [0.717, 1.165) is 17.5 Å². The van der Waals surface area contributed by atoms with Gasteiger partial charge in [-0.3, -0.25) is 9.59 Å². The molecule has 1 aliphatic heterocycles. The normalized spacial score (nSPS) is 18.4. The third-order valence-electron chi connectivity index (χ3n) is 3.45. The van der Waals surface area contributed by atoms with Crippen LogP contribution in [-0.4, -0.2) is 35.9 Å². The number of rotatable bonds is 4. The van der Waals surface area contributed by atoms with Gasteiger partial charge in [-0.05, 0) is 17.5 Å². The van der Waals surface area contributed by atoms with Crippen molar-refractivity contribution in [2.24, 2.45) is 0 Å². The predicted octanol–water partition coefficient (Wildman–Crippen LogP) is 1.81. The summed E-state index contributed by atoms with van der Waals surface area (Å²) < 4.78 is 5.71. The summed E-state index contributed by atoms with van der Waals surface area (Å²) in [6.45, 7) is 2.96. The lowest BCUT2D eigenvalue weighted by Gasteiger charge is -2.32. The maximum Gasteiger partial charge on any atom is 0.239 e. The molecule has 5 nitrogen and oxygen atoms in total. The Balaban J connectivity index is 1.89. The second kappa shape index (κ2) is 7.43. The van der Waals surface area contributed by atoms with Crippen LogP contribution in [-0.2, 0) is 20.9 Å². The van der Waals surface area contributed by atoms with Crippen molar-refractivity contribution in [3.63, 3.8) is 0 Å². The van der Waals surface area contributed by atoms with E-state index in [1.54, 1.807) is 4.90 Å². The Morgan fingerprint density at radius 3 is 2.62 bits per heavy atom. The standard InChI is InChI=1S/C15H19ClN2O3/c1-11(19)17-9-12-2-4-13(5-3-12)14-6-7-18(10-21-14)15(20)8-16/h2-5,14H,6-10H2,1H3,(H,17,19). The van der Waals surface area contributed by atoms with Gasteiger partial charge in [0, 0.05) is 20.0 Å². The summed E-state index contributed by atoms with van der Waals surface area (Å²) in [5, 5.41) is 2.76. The fraction of sp³-hybridized carbons (Fsp3) is 0.467. The van der Waals surface area contributed by atoms with Crippen molar-refractivity contribution in [3.05, 3.63) is 35.4 Å². The molecule has 1 aromatic carbocycles. The van der Waals surface area contributed by atoms with Crippen molar-refractivity contribution < 1.29 is 14.3 Å². The molecule has 2 amide bonds. The van der Waals surface area contributed by atoms with E-state index >= 15 is 0 Å². The van der Waals surface area contributed by atoms with Crippen LogP contribution < -0.4 is 5.32 Å². The predicted molar refractivity (Wildman–Crippen MR) is 79.7 cm³/mol. The van der Waals surface area contributed by atoms with Crippen LogP contribution in [0.5, 0.6) is 0 Å². The number of amides is 2. The maximum atomic E-state index is 11.5. The highest BCUT2D eigenvalue weighted by Crippen LogP contribution is 2.25. The quantitative estimate of drug-likeness (QED) is 0.863. The van der Waals surface area contributed by atoms with Gasteiger partial charge in [-0.15, -0.1) is 11.6 Å². The van der Waals surface area contributed by atoms with Crippen molar-refractivity contribution in [2.45, 2.75) is 26.0 Å². The number of nitrogens with zero attached hydrogens (tertiary/aromatic N) is 1. The molecule has 1 N–H and O–H groups in total. The lowest BCUT2D eigenvalue weighted by molar-refractivity contribution is -0.143. The molecule has 114 valence electrons. The van der Waals surface area contributed by atoms with E-state index in [1.165, 1.54) is 6.92 Å². The van der Waals surface area contributed by atoms with Crippen molar-refractivity contribution in [1.29, 1.82) is 0 Å². The lowest BCUT2D eigenvalue weighted by Crippen LogP contribution is -2.39. The SMILES string of the molecule is CC(=O)NCc1ccc(C2CCN(C(=O)CCl)CO2)cc1. The van der Waals surface area contributed by atoms with Crippen LogP contribution in [0.1, 0.15) is 30.6 Å². The summed E-state index contributed by atoms with van der Waals surface area (Å²) in [4.78, 5) is 24.0. The summed E-state index contributed by atoms with van der Waals surface area (Å²) in [6.07, 6.45) is 0.757. The van der Waals surface area contributed by atoms with E-state index in [2.05, 4.69) is 5.32 Å². The molecule has 6 heteroatoms. The molecule has 0 saturated carbocycles. The highest BCUT2D eigenvalue weighted by Gasteiger charge is 2.23. The zero-order valence-corrected chi connectivity index (χ0v) is 12.7. The van der Waals surface area contributed by atoms with E-state index in [4.69, 9.17) is 16.3 Å². The second-order valence-electron chi connectivity index (χ2n) is 5.02. The molecule has 1 fully saturated rings. The van der Waals surface area contributed by atoms with Gasteiger partial charge >= 0.3 is 0 Å². The maximum absolute atomic E-state index is 11.5. The largest absolute Gasteiger partial charge is 0.353 e. The number of carbonyl (C=O) groups is 2. The first-order valence-corrected chi connectivity index (χ1v) is 7.42. The fourth-order valence-corrected chi connectivity index (χ4v) is 2.39. The Morgan fingerprint density at radius 2 is 2.10 bits per heavy atom. The number of benzene rings is 1. The molecule has 1 atom stereocenters. The number of nitrogens with one attached hydrogen (secondary N) is 1. The Bertz CT molecular complexity index is 496.